The number of likely N-dealkylation sites (tertiary alicyclic amines) is 1. The zero-order valence-corrected chi connectivity index (χ0v) is 16.1. The maximum absolute atomic E-state index is 12.8. The van der Waals surface area contributed by atoms with Crippen molar-refractivity contribution < 1.29 is 13.2 Å². The number of benzene rings is 1. The van der Waals surface area contributed by atoms with E-state index in [1.165, 1.54) is 23.5 Å². The molecule has 0 spiro atoms. The molecule has 1 saturated heterocycles. The zero-order valence-electron chi connectivity index (χ0n) is 14.4. The monoisotopic (exact) mass is 393 g/mol. The van der Waals surface area contributed by atoms with Crippen LogP contribution in [0.25, 0.3) is 0 Å². The predicted octanol–water partition coefficient (Wildman–Crippen LogP) is 2.18. The van der Waals surface area contributed by atoms with Gasteiger partial charge in [0.25, 0.3) is 5.91 Å². The van der Waals surface area contributed by atoms with Gasteiger partial charge in [-0.05, 0) is 48.9 Å². The van der Waals surface area contributed by atoms with Crippen molar-refractivity contribution in [3.05, 3.63) is 52.2 Å². The minimum absolute atomic E-state index is 0.0217. The molecule has 8 heteroatoms. The van der Waals surface area contributed by atoms with Crippen LogP contribution in [0.1, 0.15) is 34.5 Å². The normalized spacial score (nSPS) is 18.0. The second-order valence-corrected chi connectivity index (χ2v) is 9.11. The van der Waals surface area contributed by atoms with E-state index in [2.05, 4.69) is 4.72 Å². The summed E-state index contributed by atoms with van der Waals surface area (Å²) in [6.07, 6.45) is 2.90. The minimum atomic E-state index is -3.68. The lowest BCUT2D eigenvalue weighted by Gasteiger charge is -2.35. The van der Waals surface area contributed by atoms with E-state index in [0.29, 0.717) is 18.7 Å². The third kappa shape index (κ3) is 4.32. The van der Waals surface area contributed by atoms with E-state index >= 15 is 0 Å². The molecule has 2 heterocycles. The molecule has 1 atom stereocenters. The van der Waals surface area contributed by atoms with Crippen LogP contribution in [0, 0.1) is 0 Å². The molecule has 1 amide bonds. The van der Waals surface area contributed by atoms with Gasteiger partial charge in [0.05, 0.1) is 4.90 Å². The van der Waals surface area contributed by atoms with Crippen LogP contribution in [-0.4, -0.2) is 38.4 Å². The predicted molar refractivity (Wildman–Crippen MR) is 103 cm³/mol. The average Bonchev–Trinajstić information content (AvgIpc) is 3.20. The molecule has 2 aromatic rings. The molecule has 1 aromatic heterocycles. The Labute approximate surface area is 158 Å². The summed E-state index contributed by atoms with van der Waals surface area (Å²) in [4.78, 5) is 15.7. The van der Waals surface area contributed by atoms with E-state index in [4.69, 9.17) is 5.73 Å². The maximum atomic E-state index is 12.8. The Morgan fingerprint density at radius 3 is 2.85 bits per heavy atom. The molecule has 26 heavy (non-hydrogen) atoms. The van der Waals surface area contributed by atoms with Gasteiger partial charge in [-0.15, -0.1) is 11.3 Å². The Bertz CT molecular complexity index is 850. The molecule has 0 bridgehead atoms. The third-order valence-electron chi connectivity index (χ3n) is 4.57. The van der Waals surface area contributed by atoms with Crippen molar-refractivity contribution in [1.82, 2.24) is 9.62 Å². The fourth-order valence-corrected chi connectivity index (χ4v) is 4.93. The number of thiophene rings is 1. The first-order chi connectivity index (χ1) is 12.5. The standard InChI is InChI=1S/C18H23N3O3S2/c19-12-15-6-1-2-9-21(15)18(22)14-5-3-8-17(11-14)26(23,24)20-13-16-7-4-10-25-16/h3-5,7-8,10-11,15,20H,1-2,6,9,12-13,19H2. The lowest BCUT2D eigenvalue weighted by Crippen LogP contribution is -2.47. The number of carbonyl (C=O) groups is 1. The fourth-order valence-electron chi connectivity index (χ4n) is 3.14. The van der Waals surface area contributed by atoms with Gasteiger partial charge >= 0.3 is 0 Å². The summed E-state index contributed by atoms with van der Waals surface area (Å²) in [5.41, 5.74) is 6.17. The van der Waals surface area contributed by atoms with Crippen molar-refractivity contribution in [2.24, 2.45) is 5.73 Å². The number of carbonyl (C=O) groups excluding carboxylic acids is 1. The topological polar surface area (TPSA) is 92.5 Å². The third-order valence-corrected chi connectivity index (χ3v) is 6.84. The van der Waals surface area contributed by atoms with Gasteiger partial charge in [-0.2, -0.15) is 0 Å². The van der Waals surface area contributed by atoms with Gasteiger partial charge in [-0.1, -0.05) is 12.1 Å². The number of piperidine rings is 1. The van der Waals surface area contributed by atoms with Gasteiger partial charge < -0.3 is 10.6 Å². The smallest absolute Gasteiger partial charge is 0.254 e. The number of amides is 1. The van der Waals surface area contributed by atoms with Crippen LogP contribution in [0.2, 0.25) is 0 Å². The largest absolute Gasteiger partial charge is 0.334 e. The van der Waals surface area contributed by atoms with Crippen LogP contribution in [-0.2, 0) is 16.6 Å². The quantitative estimate of drug-likeness (QED) is 0.787. The van der Waals surface area contributed by atoms with E-state index in [1.807, 2.05) is 17.5 Å². The lowest BCUT2D eigenvalue weighted by atomic mass is 10.0. The van der Waals surface area contributed by atoms with Gasteiger partial charge in [-0.25, -0.2) is 13.1 Å². The summed E-state index contributed by atoms with van der Waals surface area (Å²) in [5.74, 6) is -0.157. The van der Waals surface area contributed by atoms with Crippen LogP contribution in [0.3, 0.4) is 0 Å². The van der Waals surface area contributed by atoms with Crippen LogP contribution >= 0.6 is 11.3 Å². The number of nitrogens with two attached hydrogens (primary N) is 1. The Hall–Kier alpha value is -1.74. The highest BCUT2D eigenvalue weighted by Gasteiger charge is 2.27. The molecule has 1 aromatic carbocycles. The van der Waals surface area contributed by atoms with Gasteiger partial charge in [0.1, 0.15) is 0 Å². The van der Waals surface area contributed by atoms with Crippen molar-refractivity contribution in [2.45, 2.75) is 36.7 Å². The van der Waals surface area contributed by atoms with Crippen molar-refractivity contribution in [2.75, 3.05) is 13.1 Å². The number of hydrogen-bond donors (Lipinski definition) is 2. The highest BCUT2D eigenvalue weighted by Crippen LogP contribution is 2.21. The van der Waals surface area contributed by atoms with Crippen LogP contribution in [0.5, 0.6) is 0 Å². The van der Waals surface area contributed by atoms with E-state index in [0.717, 1.165) is 24.1 Å². The molecule has 3 N–H and O–H groups in total. The highest BCUT2D eigenvalue weighted by atomic mass is 32.2. The Morgan fingerprint density at radius 2 is 2.12 bits per heavy atom. The molecule has 6 nitrogen and oxygen atoms in total. The molecule has 0 aliphatic carbocycles. The van der Waals surface area contributed by atoms with Crippen LogP contribution in [0.15, 0.2) is 46.7 Å². The fraction of sp³-hybridized carbons (Fsp3) is 0.389. The van der Waals surface area contributed by atoms with Gasteiger partial charge in [0.15, 0.2) is 0 Å². The van der Waals surface area contributed by atoms with E-state index in [9.17, 15) is 13.2 Å². The molecular weight excluding hydrogens is 370 g/mol. The lowest BCUT2D eigenvalue weighted by molar-refractivity contribution is 0.0623. The molecule has 1 aliphatic heterocycles. The summed E-state index contributed by atoms with van der Waals surface area (Å²) < 4.78 is 27.7. The summed E-state index contributed by atoms with van der Waals surface area (Å²) in [6.45, 7) is 1.32. The summed E-state index contributed by atoms with van der Waals surface area (Å²) in [5, 5.41) is 1.90. The number of nitrogens with one attached hydrogen (secondary N) is 1. The first-order valence-electron chi connectivity index (χ1n) is 8.64. The van der Waals surface area contributed by atoms with Gasteiger partial charge in [0, 0.05) is 36.1 Å². The van der Waals surface area contributed by atoms with E-state index in [-0.39, 0.29) is 23.4 Å². The molecule has 1 aliphatic rings. The Kier molecular flexibility index (Phi) is 6.08. The molecule has 1 fully saturated rings. The maximum Gasteiger partial charge on any atom is 0.254 e. The average molecular weight is 394 g/mol. The Balaban J connectivity index is 1.77. The molecule has 140 valence electrons. The molecule has 0 radical (unpaired) electrons. The van der Waals surface area contributed by atoms with E-state index < -0.39 is 10.0 Å². The summed E-state index contributed by atoms with van der Waals surface area (Å²) >= 11 is 1.49. The van der Waals surface area contributed by atoms with Crippen molar-refractivity contribution in [3.63, 3.8) is 0 Å². The van der Waals surface area contributed by atoms with Crippen LogP contribution in [0.4, 0.5) is 0 Å². The number of rotatable bonds is 6. The number of hydrogen-bond acceptors (Lipinski definition) is 5. The number of nitrogens with zero attached hydrogens (tertiary/aromatic N) is 1. The van der Waals surface area contributed by atoms with Gasteiger partial charge in [-0.3, -0.25) is 4.79 Å². The van der Waals surface area contributed by atoms with Crippen molar-refractivity contribution >= 4 is 27.3 Å². The molecule has 3 rings (SSSR count). The minimum Gasteiger partial charge on any atom is -0.334 e. The molecular formula is C18H23N3O3S2. The Morgan fingerprint density at radius 1 is 1.27 bits per heavy atom. The van der Waals surface area contributed by atoms with Crippen LogP contribution < -0.4 is 10.5 Å². The number of sulfonamides is 1. The van der Waals surface area contributed by atoms with Crippen molar-refractivity contribution in [1.29, 1.82) is 0 Å². The highest BCUT2D eigenvalue weighted by molar-refractivity contribution is 7.89. The zero-order chi connectivity index (χ0) is 18.6. The van der Waals surface area contributed by atoms with Crippen molar-refractivity contribution in [3.8, 4) is 0 Å². The second kappa shape index (κ2) is 8.30. The first-order valence-corrected chi connectivity index (χ1v) is 11.0. The van der Waals surface area contributed by atoms with E-state index in [1.54, 1.807) is 17.0 Å². The molecule has 0 saturated carbocycles. The SMILES string of the molecule is NCC1CCCCN1C(=O)c1cccc(S(=O)(=O)NCc2cccs2)c1. The molecule has 1 unspecified atom stereocenters. The second-order valence-electron chi connectivity index (χ2n) is 6.32. The summed E-state index contributed by atoms with van der Waals surface area (Å²) in [6, 6.07) is 9.98. The first kappa shape index (κ1) is 19.0. The van der Waals surface area contributed by atoms with Gasteiger partial charge in [0.2, 0.25) is 10.0 Å². The summed E-state index contributed by atoms with van der Waals surface area (Å²) in [7, 11) is -3.68.